The largest absolute Gasteiger partial charge is 0.342 e. The van der Waals surface area contributed by atoms with E-state index >= 15 is 0 Å². The van der Waals surface area contributed by atoms with Crippen LogP contribution in [0.25, 0.3) is 11.0 Å². The van der Waals surface area contributed by atoms with E-state index in [1.165, 1.54) is 11.3 Å². The predicted molar refractivity (Wildman–Crippen MR) is 101 cm³/mol. The van der Waals surface area contributed by atoms with Gasteiger partial charge in [-0.05, 0) is 35.6 Å². The Morgan fingerprint density at radius 1 is 1.08 bits per heavy atom. The molecule has 0 aliphatic heterocycles. The molecule has 4 aromatic rings. The van der Waals surface area contributed by atoms with Crippen LogP contribution in [0, 0.1) is 0 Å². The number of fused-ring (bicyclic) bond motifs is 1. The van der Waals surface area contributed by atoms with Crippen LogP contribution in [0.2, 0.25) is 0 Å². The number of aromatic amines is 1. The van der Waals surface area contributed by atoms with Gasteiger partial charge in [0.1, 0.15) is 5.82 Å². The third-order valence-corrected chi connectivity index (χ3v) is 4.79. The van der Waals surface area contributed by atoms with Gasteiger partial charge in [-0.15, -0.1) is 0 Å². The number of para-hydroxylation sites is 2. The van der Waals surface area contributed by atoms with E-state index in [1.807, 2.05) is 59.3 Å². The van der Waals surface area contributed by atoms with Gasteiger partial charge in [-0.1, -0.05) is 42.5 Å². The van der Waals surface area contributed by atoms with Gasteiger partial charge in [0.15, 0.2) is 0 Å². The fourth-order valence-corrected chi connectivity index (χ4v) is 3.47. The summed E-state index contributed by atoms with van der Waals surface area (Å²) in [5.74, 6) is 0.691. The molecular formula is C20H17N3OS. The van der Waals surface area contributed by atoms with Crippen molar-refractivity contribution in [1.29, 1.82) is 0 Å². The summed E-state index contributed by atoms with van der Waals surface area (Å²) in [6.07, 6.45) is 0.677. The summed E-state index contributed by atoms with van der Waals surface area (Å²) in [7, 11) is 0. The summed E-state index contributed by atoms with van der Waals surface area (Å²) in [5, 5.41) is 6.88. The van der Waals surface area contributed by atoms with Gasteiger partial charge in [0.05, 0.1) is 22.6 Å². The van der Waals surface area contributed by atoms with Crippen LogP contribution < -0.4 is 5.32 Å². The second-order valence-corrected chi connectivity index (χ2v) is 6.65. The molecule has 5 heteroatoms. The van der Waals surface area contributed by atoms with E-state index in [1.54, 1.807) is 0 Å². The highest BCUT2D eigenvalue weighted by Gasteiger charge is 2.20. The normalized spacial score (nSPS) is 12.2. The molecule has 0 bridgehead atoms. The molecule has 2 aromatic heterocycles. The van der Waals surface area contributed by atoms with E-state index in [0.29, 0.717) is 12.0 Å². The van der Waals surface area contributed by atoms with Crippen molar-refractivity contribution in [3.8, 4) is 0 Å². The van der Waals surface area contributed by atoms with Gasteiger partial charge >= 0.3 is 0 Å². The molecule has 0 radical (unpaired) electrons. The average molecular weight is 347 g/mol. The summed E-state index contributed by atoms with van der Waals surface area (Å²) < 4.78 is 0. The first-order chi connectivity index (χ1) is 12.3. The number of nitrogens with zero attached hydrogens (tertiary/aromatic N) is 1. The highest BCUT2D eigenvalue weighted by molar-refractivity contribution is 7.08. The molecule has 4 rings (SSSR count). The lowest BCUT2D eigenvalue weighted by atomic mass is 10.1. The highest BCUT2D eigenvalue weighted by atomic mass is 32.1. The molecule has 1 unspecified atom stereocenters. The summed E-state index contributed by atoms with van der Waals surface area (Å²) in [5.41, 5.74) is 3.71. The van der Waals surface area contributed by atoms with Crippen molar-refractivity contribution in [2.75, 3.05) is 0 Å². The maximum Gasteiger partial charge on any atom is 0.252 e. The number of nitrogens with one attached hydrogen (secondary N) is 2. The van der Waals surface area contributed by atoms with Crippen molar-refractivity contribution in [2.45, 2.75) is 12.5 Å². The van der Waals surface area contributed by atoms with Crippen molar-refractivity contribution in [2.24, 2.45) is 0 Å². The van der Waals surface area contributed by atoms with E-state index < -0.39 is 0 Å². The van der Waals surface area contributed by atoms with Gasteiger partial charge in [-0.2, -0.15) is 11.3 Å². The first-order valence-electron chi connectivity index (χ1n) is 8.11. The molecule has 0 saturated carbocycles. The van der Waals surface area contributed by atoms with Gasteiger partial charge in [0, 0.05) is 5.38 Å². The Kier molecular flexibility index (Phi) is 4.31. The van der Waals surface area contributed by atoms with Gasteiger partial charge in [0.25, 0.3) is 5.91 Å². The number of benzene rings is 2. The zero-order valence-electron chi connectivity index (χ0n) is 13.5. The molecule has 2 N–H and O–H groups in total. The molecule has 124 valence electrons. The second-order valence-electron chi connectivity index (χ2n) is 5.87. The smallest absolute Gasteiger partial charge is 0.252 e. The molecule has 0 fully saturated rings. The summed E-state index contributed by atoms with van der Waals surface area (Å²) >= 11 is 1.51. The van der Waals surface area contributed by atoms with Crippen LogP contribution in [0.15, 0.2) is 71.4 Å². The van der Waals surface area contributed by atoms with Crippen LogP contribution in [0.1, 0.15) is 27.8 Å². The number of H-pyrrole nitrogens is 1. The molecule has 25 heavy (non-hydrogen) atoms. The zero-order chi connectivity index (χ0) is 17.1. The minimum Gasteiger partial charge on any atom is -0.342 e. The van der Waals surface area contributed by atoms with Crippen LogP contribution >= 0.6 is 11.3 Å². The molecule has 0 saturated heterocycles. The zero-order valence-corrected chi connectivity index (χ0v) is 14.3. The van der Waals surface area contributed by atoms with Gasteiger partial charge in [-0.3, -0.25) is 4.79 Å². The topological polar surface area (TPSA) is 57.8 Å². The Morgan fingerprint density at radius 3 is 2.64 bits per heavy atom. The number of thiophene rings is 1. The van der Waals surface area contributed by atoms with Crippen LogP contribution in [0.5, 0.6) is 0 Å². The summed E-state index contributed by atoms with van der Waals surface area (Å²) in [4.78, 5) is 20.6. The number of hydrogen-bond acceptors (Lipinski definition) is 3. The number of rotatable bonds is 5. The third-order valence-electron chi connectivity index (χ3n) is 4.11. The lowest BCUT2D eigenvalue weighted by Gasteiger charge is -2.16. The Bertz CT molecular complexity index is 944. The standard InChI is InChI=1S/C20H17N3OS/c24-20(15-10-11-25-13-15)23-18(12-14-6-2-1-3-7-14)19-21-16-8-4-5-9-17(16)22-19/h1-11,13,18H,12H2,(H,21,22)(H,23,24). The van der Waals surface area contributed by atoms with E-state index in [4.69, 9.17) is 0 Å². The monoisotopic (exact) mass is 347 g/mol. The number of carbonyl (C=O) groups excluding carboxylic acids is 1. The van der Waals surface area contributed by atoms with Crippen molar-refractivity contribution in [1.82, 2.24) is 15.3 Å². The fraction of sp³-hybridized carbons (Fsp3) is 0.100. The maximum absolute atomic E-state index is 12.5. The van der Waals surface area contributed by atoms with Crippen LogP contribution in [0.3, 0.4) is 0 Å². The fourth-order valence-electron chi connectivity index (χ4n) is 2.84. The summed E-state index contributed by atoms with van der Waals surface area (Å²) in [6, 6.07) is 19.6. The lowest BCUT2D eigenvalue weighted by Crippen LogP contribution is -2.30. The molecule has 2 heterocycles. The SMILES string of the molecule is O=C(NC(Cc1ccccc1)c1nc2ccccc2[nH]1)c1ccsc1. The van der Waals surface area contributed by atoms with Crippen molar-refractivity contribution in [3.63, 3.8) is 0 Å². The molecule has 0 spiro atoms. The minimum atomic E-state index is -0.220. The number of imidazole rings is 1. The van der Waals surface area contributed by atoms with E-state index in [0.717, 1.165) is 22.4 Å². The Labute approximate surface area is 149 Å². The Hall–Kier alpha value is -2.92. The first-order valence-corrected chi connectivity index (χ1v) is 9.05. The summed E-state index contributed by atoms with van der Waals surface area (Å²) in [6.45, 7) is 0. The predicted octanol–water partition coefficient (Wildman–Crippen LogP) is 4.34. The van der Waals surface area contributed by atoms with Crippen LogP contribution in [-0.2, 0) is 6.42 Å². The second kappa shape index (κ2) is 6.91. The molecular weight excluding hydrogens is 330 g/mol. The lowest BCUT2D eigenvalue weighted by molar-refractivity contribution is 0.0935. The van der Waals surface area contributed by atoms with Gasteiger partial charge in [0.2, 0.25) is 0 Å². The van der Waals surface area contributed by atoms with Gasteiger partial charge in [-0.25, -0.2) is 4.98 Å². The van der Waals surface area contributed by atoms with Crippen LogP contribution in [0.4, 0.5) is 0 Å². The van der Waals surface area contributed by atoms with E-state index in [2.05, 4.69) is 27.4 Å². The van der Waals surface area contributed by atoms with E-state index in [-0.39, 0.29) is 11.9 Å². The van der Waals surface area contributed by atoms with Crippen LogP contribution in [-0.4, -0.2) is 15.9 Å². The molecule has 0 aliphatic rings. The van der Waals surface area contributed by atoms with E-state index in [9.17, 15) is 4.79 Å². The first kappa shape index (κ1) is 15.6. The number of amides is 1. The maximum atomic E-state index is 12.5. The molecule has 1 atom stereocenters. The molecule has 0 aliphatic carbocycles. The quantitative estimate of drug-likeness (QED) is 0.564. The number of hydrogen-bond donors (Lipinski definition) is 2. The number of aromatic nitrogens is 2. The molecule has 1 amide bonds. The molecule has 2 aromatic carbocycles. The van der Waals surface area contributed by atoms with Crippen molar-refractivity contribution in [3.05, 3.63) is 88.4 Å². The average Bonchev–Trinajstić information content (AvgIpc) is 3.31. The Balaban J connectivity index is 1.66. The minimum absolute atomic E-state index is 0.0809. The Morgan fingerprint density at radius 2 is 1.88 bits per heavy atom. The van der Waals surface area contributed by atoms with Crippen molar-refractivity contribution < 1.29 is 4.79 Å². The number of carbonyl (C=O) groups is 1. The van der Waals surface area contributed by atoms with Gasteiger partial charge < -0.3 is 10.3 Å². The highest BCUT2D eigenvalue weighted by Crippen LogP contribution is 2.20. The van der Waals surface area contributed by atoms with Crippen molar-refractivity contribution >= 4 is 28.3 Å². The molecule has 4 nitrogen and oxygen atoms in total. The third kappa shape index (κ3) is 3.46.